The first-order valence-electron chi connectivity index (χ1n) is 12.3. The molecule has 2 radical (unpaired) electrons. The summed E-state index contributed by atoms with van der Waals surface area (Å²) < 4.78 is 37.1. The predicted octanol–water partition coefficient (Wildman–Crippen LogP) is 8.24. The maximum atomic E-state index is 14.5. The molecule has 2 unspecified atom stereocenters. The average molecular weight is 730 g/mol. The predicted molar refractivity (Wildman–Crippen MR) is 171 cm³/mol. The molecule has 1 aliphatic rings. The fraction of sp³-hybridized carbons (Fsp3) is 0.200. The van der Waals surface area contributed by atoms with E-state index < -0.39 is 12.0 Å². The number of nitrogens with zero attached hydrogens (tertiary/aromatic N) is 1. The van der Waals surface area contributed by atoms with E-state index in [1.807, 2.05) is 49.3 Å². The van der Waals surface area contributed by atoms with Crippen molar-refractivity contribution < 1.29 is 69.7 Å². The van der Waals surface area contributed by atoms with Crippen LogP contribution < -0.4 is 0 Å². The molecule has 3 N–H and O–H groups in total. The van der Waals surface area contributed by atoms with Crippen molar-refractivity contribution >= 4 is 46.3 Å². The van der Waals surface area contributed by atoms with Gasteiger partial charge < -0.3 is 35.5 Å². The number of carbonyl (C=O) groups excluding carboxylic acids is 3. The number of hydrogen-bond acceptors (Lipinski definition) is 6. The molecule has 0 bridgehead atoms. The zero-order valence-electron chi connectivity index (χ0n) is 24.9. The topological polar surface area (TPSA) is 146 Å². The summed E-state index contributed by atoms with van der Waals surface area (Å²) in [6.07, 6.45) is 1.18. The van der Waals surface area contributed by atoms with Gasteiger partial charge in [0, 0.05) is 17.0 Å². The second-order valence-electron chi connectivity index (χ2n) is 8.35. The number of halogens is 2. The second-order valence-corrected chi connectivity index (χ2v) is 9.96. The van der Waals surface area contributed by atoms with Gasteiger partial charge in [-0.15, -0.1) is 0 Å². The van der Waals surface area contributed by atoms with Crippen LogP contribution in [0.5, 0.6) is 0 Å². The molecular formula is C30H32F2N4O5P2V2. The number of H-pyrrole nitrogens is 1. The molecular weight excluding hydrogens is 698 g/mol. The molecule has 1 aliphatic carbocycles. The van der Waals surface area contributed by atoms with Gasteiger partial charge in [-0.1, -0.05) is 55.2 Å². The molecule has 1 heterocycles. The van der Waals surface area contributed by atoms with Crippen molar-refractivity contribution in [2.45, 2.75) is 19.0 Å². The van der Waals surface area contributed by atoms with Crippen molar-refractivity contribution in [1.82, 2.24) is 9.97 Å². The summed E-state index contributed by atoms with van der Waals surface area (Å²) in [4.78, 5) is 35.7. The summed E-state index contributed by atoms with van der Waals surface area (Å²) in [7, 11) is 2.90. The smallest absolute Gasteiger partial charge is 0.669 e. The van der Waals surface area contributed by atoms with Crippen LogP contribution in [0.15, 0.2) is 79.5 Å². The number of benzene rings is 3. The number of fused-ring (bicyclic) bond motifs is 4. The fourth-order valence-corrected chi connectivity index (χ4v) is 4.01. The van der Waals surface area contributed by atoms with Crippen LogP contribution in [-0.4, -0.2) is 49.0 Å². The monoisotopic (exact) mass is 730 g/mol. The first-order valence-corrected chi connectivity index (χ1v) is 15.1. The number of imidazole rings is 1. The van der Waals surface area contributed by atoms with E-state index >= 15 is 0 Å². The Hall–Kier alpha value is -3.03. The number of ether oxygens (including phenoxy) is 2. The first-order chi connectivity index (χ1) is 20.5. The Morgan fingerprint density at radius 3 is 2.00 bits per heavy atom. The van der Waals surface area contributed by atoms with E-state index in [2.05, 4.69) is 26.0 Å². The van der Waals surface area contributed by atoms with E-state index in [0.29, 0.717) is 25.9 Å². The summed E-state index contributed by atoms with van der Waals surface area (Å²) in [5, 5.41) is 0. The van der Waals surface area contributed by atoms with Crippen molar-refractivity contribution in [2.75, 3.05) is 20.9 Å². The van der Waals surface area contributed by atoms with Crippen LogP contribution in [0.1, 0.15) is 22.3 Å². The summed E-state index contributed by atoms with van der Waals surface area (Å²) in [5.74, 6) is -2.95. The molecule has 0 aliphatic heterocycles. The number of alkyl halides is 2. The Labute approximate surface area is 289 Å². The van der Waals surface area contributed by atoms with Gasteiger partial charge in [0.1, 0.15) is 0 Å². The van der Waals surface area contributed by atoms with E-state index in [0.717, 1.165) is 29.3 Å². The van der Waals surface area contributed by atoms with Gasteiger partial charge in [-0.05, 0) is 54.0 Å². The third-order valence-corrected chi connectivity index (χ3v) is 6.39. The largest absolute Gasteiger partial charge is 2.00 e. The van der Waals surface area contributed by atoms with E-state index in [4.69, 9.17) is 16.3 Å². The number of nitrogens with one attached hydrogen (secondary N) is 3. The Morgan fingerprint density at radius 2 is 1.51 bits per heavy atom. The third kappa shape index (κ3) is 14.7. The number of aromatic nitrogens is 2. The first kappa shape index (κ1) is 44.1. The zero-order valence-corrected chi connectivity index (χ0v) is 29.7. The van der Waals surface area contributed by atoms with Gasteiger partial charge in [0.05, 0.1) is 31.6 Å². The van der Waals surface area contributed by atoms with Crippen molar-refractivity contribution in [3.05, 3.63) is 113 Å². The molecule has 2 atom stereocenters. The van der Waals surface area contributed by atoms with Crippen LogP contribution in [0.2, 0.25) is 0 Å². The number of methoxy groups -OCH3 is 2. The van der Waals surface area contributed by atoms with Gasteiger partial charge in [0.25, 0.3) is 5.92 Å². The SMILES string of the molecule is C=C([NH-])OC.COC([NH-])=O.CP[C-]=O.Cc1ccc2c(c1)C(F)(F)c1cc(CP[C-]=O)ccc1-2.[V+2].[V+2].c1ccc2[nH]cnc2c1. The van der Waals surface area contributed by atoms with Gasteiger partial charge in [-0.25, -0.2) is 25.6 Å². The van der Waals surface area contributed by atoms with Crippen molar-refractivity contribution in [3.63, 3.8) is 0 Å². The van der Waals surface area contributed by atoms with Crippen molar-refractivity contribution in [2.24, 2.45) is 0 Å². The minimum Gasteiger partial charge on any atom is -0.669 e. The molecule has 1 aromatic heterocycles. The van der Waals surface area contributed by atoms with Gasteiger partial charge in [0.15, 0.2) is 0 Å². The van der Waals surface area contributed by atoms with Crippen LogP contribution in [0.4, 0.5) is 13.6 Å². The summed E-state index contributed by atoms with van der Waals surface area (Å²) >= 11 is 0. The summed E-state index contributed by atoms with van der Waals surface area (Å²) in [5.41, 5.74) is 17.4. The van der Waals surface area contributed by atoms with E-state index in [1.165, 1.54) is 13.2 Å². The van der Waals surface area contributed by atoms with Crippen LogP contribution in [-0.2, 0) is 68.3 Å². The molecule has 1 amide bonds. The fourth-order valence-electron chi connectivity index (χ4n) is 3.51. The van der Waals surface area contributed by atoms with Crippen LogP contribution in [0.3, 0.4) is 0 Å². The number of rotatable bonds is 5. The molecule has 4 aromatic rings. The van der Waals surface area contributed by atoms with Gasteiger partial charge in [-0.2, -0.15) is 8.78 Å². The van der Waals surface area contributed by atoms with Crippen LogP contribution in [0, 0.1) is 6.92 Å². The number of aromatic amines is 1. The molecule has 0 fully saturated rings. The summed E-state index contributed by atoms with van der Waals surface area (Å²) in [6, 6.07) is 21.7. The van der Waals surface area contributed by atoms with Crippen molar-refractivity contribution in [3.8, 4) is 11.1 Å². The third-order valence-electron chi connectivity index (χ3n) is 5.45. The molecule has 45 heavy (non-hydrogen) atoms. The average Bonchev–Trinajstić information content (AvgIpc) is 3.57. The number of hydrogen-bond donors (Lipinski definition) is 1. The molecule has 0 spiro atoms. The van der Waals surface area contributed by atoms with E-state index in [-0.39, 0.29) is 62.7 Å². The van der Waals surface area contributed by atoms with Gasteiger partial charge in [0.2, 0.25) is 6.09 Å². The number of amides is 1. The zero-order chi connectivity index (χ0) is 32.4. The maximum absolute atomic E-state index is 14.5. The quantitative estimate of drug-likeness (QED) is 0.124. The van der Waals surface area contributed by atoms with Crippen LogP contribution in [0.25, 0.3) is 33.6 Å². The number of para-hydroxylation sites is 2. The number of aryl methyl sites for hydroxylation is 1. The minimum absolute atomic E-state index is 0. The van der Waals surface area contributed by atoms with Gasteiger partial charge >= 0.3 is 37.1 Å². The Bertz CT molecular complexity index is 1470. The molecule has 0 saturated carbocycles. The molecule has 5 rings (SSSR count). The minimum atomic E-state index is -2.96. The molecule has 15 heteroatoms. The second kappa shape index (κ2) is 23.3. The molecule has 3 aromatic carbocycles. The normalized spacial score (nSPS) is 11.2. The Kier molecular flexibility index (Phi) is 22.9. The van der Waals surface area contributed by atoms with E-state index in [1.54, 1.807) is 37.2 Å². The van der Waals surface area contributed by atoms with Gasteiger partial charge in [-0.3, -0.25) is 13.4 Å². The number of carbonyl (C=O) groups is 1. The Balaban J connectivity index is 0. The molecule has 236 valence electrons. The van der Waals surface area contributed by atoms with Crippen molar-refractivity contribution in [1.29, 1.82) is 0 Å². The molecule has 0 saturated heterocycles. The standard InChI is InChI=1S/C16H12F2OP.C7H6N2.C3H6NO.C2H5NO2.C2H4OP.2V/c1-10-2-4-12-13-5-3-11(8-20-9-19)7-15(13)16(17,18)14(12)6-10;1-2-4-7-6(3-1)8-5-9-7;1-3(4)5-2;1-5-2(3)4;1-4-2-3;;/h2-7,20H,8H2,1H3;1-5H,(H,8,9);4H,1H2,2H3;1H3,(H2,3,4);4H,1H3;;/q-1;;-1;;-1;2*+2/p-1. The Morgan fingerprint density at radius 1 is 0.978 bits per heavy atom. The van der Waals surface area contributed by atoms with Crippen LogP contribution >= 0.6 is 17.2 Å². The maximum Gasteiger partial charge on any atom is 2.00 e. The van der Waals surface area contributed by atoms with E-state index in [9.17, 15) is 18.4 Å². The summed E-state index contributed by atoms with van der Waals surface area (Å²) in [6.45, 7) is 6.71. The molecule has 9 nitrogen and oxygen atoms in total.